The first-order valence-corrected chi connectivity index (χ1v) is 12.1. The highest BCUT2D eigenvalue weighted by Crippen LogP contribution is 2.45. The Kier molecular flexibility index (Phi) is 8.39. The van der Waals surface area contributed by atoms with Crippen LogP contribution in [0, 0.1) is 0 Å². The number of alkyl halides is 3. The molecule has 3 aromatic heterocycles. The van der Waals surface area contributed by atoms with E-state index in [0.29, 0.717) is 11.8 Å². The van der Waals surface area contributed by atoms with Crippen molar-refractivity contribution in [3.8, 4) is 0 Å². The summed E-state index contributed by atoms with van der Waals surface area (Å²) < 4.78 is 39.3. The van der Waals surface area contributed by atoms with Gasteiger partial charge >= 0.3 is 12.1 Å². The van der Waals surface area contributed by atoms with Crippen molar-refractivity contribution >= 4 is 72.1 Å². The Hall–Kier alpha value is -1.44. The van der Waals surface area contributed by atoms with Crippen molar-refractivity contribution in [2.75, 3.05) is 18.5 Å². The van der Waals surface area contributed by atoms with Crippen LogP contribution in [0.1, 0.15) is 22.1 Å². The second kappa shape index (κ2) is 10.7. The Morgan fingerprint density at radius 3 is 2.78 bits per heavy atom. The zero-order chi connectivity index (χ0) is 23.5. The maximum Gasteiger partial charge on any atom is 0.490 e. The molecule has 0 spiro atoms. The number of anilines is 1. The van der Waals surface area contributed by atoms with Crippen LogP contribution in [0.25, 0.3) is 10.2 Å². The van der Waals surface area contributed by atoms with Gasteiger partial charge in [-0.15, -0.1) is 22.7 Å². The van der Waals surface area contributed by atoms with E-state index in [1.165, 1.54) is 9.75 Å². The van der Waals surface area contributed by atoms with E-state index in [2.05, 4.69) is 43.7 Å². The van der Waals surface area contributed by atoms with E-state index in [-0.39, 0.29) is 12.0 Å². The molecule has 4 rings (SSSR count). The number of carboxylic acid groups (broad SMARTS) is 1. The average molecular weight is 573 g/mol. The van der Waals surface area contributed by atoms with Crippen molar-refractivity contribution in [1.29, 1.82) is 0 Å². The van der Waals surface area contributed by atoms with E-state index in [4.69, 9.17) is 32.0 Å². The predicted molar refractivity (Wildman–Crippen MR) is 124 cm³/mol. The third-order valence-electron chi connectivity index (χ3n) is 4.59. The minimum absolute atomic E-state index is 0.0103. The molecule has 0 aromatic carbocycles. The Balaban J connectivity index is 0.000000360. The smallest absolute Gasteiger partial charge is 0.475 e. The molecule has 1 fully saturated rings. The third kappa shape index (κ3) is 6.12. The van der Waals surface area contributed by atoms with E-state index in [1.54, 1.807) is 22.7 Å². The number of nitrogens with zero attached hydrogens (tertiary/aromatic N) is 1. The summed E-state index contributed by atoms with van der Waals surface area (Å²) in [6.07, 6.45) is -4.15. The Labute approximate surface area is 202 Å². The first-order chi connectivity index (χ1) is 15.1. The zero-order valence-corrected chi connectivity index (χ0v) is 20.3. The van der Waals surface area contributed by atoms with E-state index < -0.39 is 12.1 Å². The van der Waals surface area contributed by atoms with Crippen molar-refractivity contribution in [3.05, 3.63) is 43.0 Å². The highest BCUT2D eigenvalue weighted by atomic mass is 79.9. The van der Waals surface area contributed by atoms with Gasteiger partial charge in [-0.2, -0.15) is 13.2 Å². The molecule has 174 valence electrons. The minimum Gasteiger partial charge on any atom is -0.475 e. The van der Waals surface area contributed by atoms with Crippen LogP contribution in [0.15, 0.2) is 28.1 Å². The predicted octanol–water partition coefficient (Wildman–Crippen LogP) is 5.85. The monoisotopic (exact) mass is 571 g/mol. The second-order valence-corrected chi connectivity index (χ2v) is 10.1. The maximum atomic E-state index is 10.6. The number of carboxylic acids is 1. The molecule has 1 saturated heterocycles. The molecule has 0 radical (unpaired) electrons. The van der Waals surface area contributed by atoms with Gasteiger partial charge < -0.3 is 20.9 Å². The molecule has 13 heteroatoms. The third-order valence-corrected chi connectivity index (χ3v) is 8.07. The first kappa shape index (κ1) is 25.2. The van der Waals surface area contributed by atoms with Gasteiger partial charge in [0, 0.05) is 40.9 Å². The molecule has 4 N–H and O–H groups in total. The second-order valence-electron chi connectivity index (χ2n) is 6.82. The summed E-state index contributed by atoms with van der Waals surface area (Å²) in [5.41, 5.74) is 8.21. The van der Waals surface area contributed by atoms with Crippen LogP contribution in [0.2, 0.25) is 5.15 Å². The van der Waals surface area contributed by atoms with Gasteiger partial charge in [-0.25, -0.2) is 9.78 Å². The molecule has 1 aliphatic heterocycles. The van der Waals surface area contributed by atoms with Crippen LogP contribution in [-0.2, 0) is 16.1 Å². The van der Waals surface area contributed by atoms with Crippen LogP contribution in [-0.4, -0.2) is 41.5 Å². The number of hydrogen-bond acceptors (Lipinski definition) is 7. The molecule has 0 saturated carbocycles. The Bertz CT molecular complexity index is 1080. The van der Waals surface area contributed by atoms with Crippen LogP contribution in [0.5, 0.6) is 0 Å². The Morgan fingerprint density at radius 2 is 2.19 bits per heavy atom. The maximum absolute atomic E-state index is 10.6. The first-order valence-electron chi connectivity index (χ1n) is 9.26. The molecule has 6 nitrogen and oxygen atoms in total. The normalized spacial score (nSPS) is 18.8. The molecule has 3 aromatic rings. The van der Waals surface area contributed by atoms with Gasteiger partial charge in [-0.05, 0) is 33.8 Å². The van der Waals surface area contributed by atoms with Crippen LogP contribution >= 0.6 is 50.2 Å². The Morgan fingerprint density at radius 1 is 1.47 bits per heavy atom. The van der Waals surface area contributed by atoms with Crippen LogP contribution in [0.4, 0.5) is 18.9 Å². The molecule has 1 aliphatic rings. The van der Waals surface area contributed by atoms with E-state index in [0.717, 1.165) is 39.9 Å². The highest BCUT2D eigenvalue weighted by molar-refractivity contribution is 9.10. The van der Waals surface area contributed by atoms with Gasteiger partial charge in [-0.1, -0.05) is 17.7 Å². The van der Waals surface area contributed by atoms with E-state index in [9.17, 15) is 13.2 Å². The molecule has 0 aliphatic carbocycles. The lowest BCUT2D eigenvalue weighted by molar-refractivity contribution is -0.192. The number of nitrogens with two attached hydrogens (primary N) is 1. The largest absolute Gasteiger partial charge is 0.490 e. The number of ether oxygens (including phenoxy) is 1. The number of thiophene rings is 2. The summed E-state index contributed by atoms with van der Waals surface area (Å²) in [5, 5.41) is 13.2. The van der Waals surface area contributed by atoms with Crippen molar-refractivity contribution < 1.29 is 27.8 Å². The molecule has 2 atom stereocenters. The van der Waals surface area contributed by atoms with Gasteiger partial charge in [0.1, 0.15) is 5.15 Å². The fourth-order valence-corrected chi connectivity index (χ4v) is 6.21. The molecular formula is C19H18BrClF3N3O3S2. The van der Waals surface area contributed by atoms with E-state index >= 15 is 0 Å². The van der Waals surface area contributed by atoms with Gasteiger partial charge in [0.2, 0.25) is 0 Å². The SMILES string of the molecule is N[C@@H]1COCC[C@H]1c1sc2c(NCc3cccs3)cc(Cl)nc2c1Br.O=C(O)C(F)(F)F. The fourth-order valence-electron chi connectivity index (χ4n) is 3.08. The van der Waals surface area contributed by atoms with Gasteiger partial charge in [0.15, 0.2) is 0 Å². The van der Waals surface area contributed by atoms with Crippen molar-refractivity contribution in [2.24, 2.45) is 5.73 Å². The van der Waals surface area contributed by atoms with Gasteiger partial charge in [0.05, 0.1) is 27.0 Å². The number of hydrogen-bond donors (Lipinski definition) is 3. The van der Waals surface area contributed by atoms with Crippen LogP contribution < -0.4 is 11.1 Å². The zero-order valence-electron chi connectivity index (χ0n) is 16.3. The molecule has 0 bridgehead atoms. The van der Waals surface area contributed by atoms with Crippen LogP contribution in [0.3, 0.4) is 0 Å². The number of fused-ring (bicyclic) bond motifs is 1. The summed E-state index contributed by atoms with van der Waals surface area (Å²) >= 11 is 13.5. The lowest BCUT2D eigenvalue weighted by atomic mass is 9.94. The number of aromatic nitrogens is 1. The topological polar surface area (TPSA) is 97.5 Å². The van der Waals surface area contributed by atoms with E-state index in [1.807, 2.05) is 6.07 Å². The number of rotatable bonds is 4. The van der Waals surface area contributed by atoms with Gasteiger partial charge in [0.25, 0.3) is 0 Å². The molecular weight excluding hydrogens is 555 g/mol. The number of nitrogens with one attached hydrogen (secondary N) is 1. The highest BCUT2D eigenvalue weighted by Gasteiger charge is 2.38. The summed E-state index contributed by atoms with van der Waals surface area (Å²) in [4.78, 5) is 16.0. The van der Waals surface area contributed by atoms with Crippen molar-refractivity contribution in [1.82, 2.24) is 4.98 Å². The van der Waals surface area contributed by atoms with Crippen molar-refractivity contribution in [2.45, 2.75) is 31.1 Å². The lowest BCUT2D eigenvalue weighted by Gasteiger charge is -2.28. The molecule has 0 amide bonds. The standard InChI is InChI=1S/C17H17BrClN3OS2.C2HF3O2/c18-14-15-17(25-16(14)10-3-4-23-8-11(10)20)12(6-13(19)22-15)21-7-9-2-1-5-24-9;3-2(4,5)1(6)7/h1-2,5-6,10-11H,3-4,7-8,20H2,(H,21,22);(H,6,7)/t10-,11-;/m1./s1. The minimum atomic E-state index is -5.08. The number of pyridine rings is 1. The number of aliphatic carboxylic acids is 1. The molecule has 32 heavy (non-hydrogen) atoms. The summed E-state index contributed by atoms with van der Waals surface area (Å²) in [5.74, 6) is -2.47. The molecule has 4 heterocycles. The summed E-state index contributed by atoms with van der Waals surface area (Å²) in [7, 11) is 0. The average Bonchev–Trinajstić information content (AvgIpc) is 3.35. The van der Waals surface area contributed by atoms with Crippen molar-refractivity contribution in [3.63, 3.8) is 0 Å². The fraction of sp³-hybridized carbons (Fsp3) is 0.368. The quantitative estimate of drug-likeness (QED) is 0.339. The lowest BCUT2D eigenvalue weighted by Crippen LogP contribution is -2.37. The summed E-state index contributed by atoms with van der Waals surface area (Å²) in [6.45, 7) is 2.12. The molecule has 0 unspecified atom stereocenters. The number of carbonyl (C=O) groups is 1. The van der Waals surface area contributed by atoms with Gasteiger partial charge in [-0.3, -0.25) is 0 Å². The summed E-state index contributed by atoms with van der Waals surface area (Å²) in [6, 6.07) is 6.09. The number of halogens is 5.